The molecular formula is C11H10BrN3O. The van der Waals surface area contributed by atoms with Crippen LogP contribution in [0.15, 0.2) is 45.9 Å². The third kappa shape index (κ3) is 2.49. The zero-order valence-corrected chi connectivity index (χ0v) is 10.0. The number of nitrogen functional groups attached to an aromatic ring is 1. The van der Waals surface area contributed by atoms with E-state index >= 15 is 0 Å². The Kier molecular flexibility index (Phi) is 3.05. The van der Waals surface area contributed by atoms with Crippen LogP contribution in [0.4, 0.5) is 5.69 Å². The number of anilines is 1. The van der Waals surface area contributed by atoms with Crippen LogP contribution in [0, 0.1) is 0 Å². The zero-order chi connectivity index (χ0) is 11.5. The van der Waals surface area contributed by atoms with Gasteiger partial charge in [-0.3, -0.25) is 9.78 Å². The van der Waals surface area contributed by atoms with Gasteiger partial charge in [-0.2, -0.15) is 0 Å². The zero-order valence-electron chi connectivity index (χ0n) is 8.43. The number of nitrogens with zero attached hydrogens (tertiary/aromatic N) is 2. The Morgan fingerprint density at radius 2 is 2.12 bits per heavy atom. The molecule has 16 heavy (non-hydrogen) atoms. The first-order valence-corrected chi connectivity index (χ1v) is 5.51. The summed E-state index contributed by atoms with van der Waals surface area (Å²) in [5, 5.41) is 0. The van der Waals surface area contributed by atoms with E-state index in [1.807, 2.05) is 12.1 Å². The minimum Gasteiger partial charge on any atom is -0.398 e. The highest BCUT2D eigenvalue weighted by molar-refractivity contribution is 9.10. The first-order valence-electron chi connectivity index (χ1n) is 4.71. The number of halogens is 1. The van der Waals surface area contributed by atoms with Crippen molar-refractivity contribution < 1.29 is 0 Å². The van der Waals surface area contributed by atoms with Gasteiger partial charge in [0.05, 0.1) is 12.2 Å². The molecule has 0 atom stereocenters. The van der Waals surface area contributed by atoms with Crippen LogP contribution in [-0.2, 0) is 6.54 Å². The minimum atomic E-state index is -0.0843. The van der Waals surface area contributed by atoms with E-state index in [1.54, 1.807) is 18.5 Å². The number of hydrogen-bond donors (Lipinski definition) is 1. The van der Waals surface area contributed by atoms with E-state index in [0.29, 0.717) is 12.2 Å². The lowest BCUT2D eigenvalue weighted by molar-refractivity contribution is 0.741. The molecule has 0 aromatic carbocycles. The molecular weight excluding hydrogens is 270 g/mol. The average Bonchev–Trinajstić information content (AvgIpc) is 2.27. The molecule has 0 bridgehead atoms. The molecule has 5 heteroatoms. The SMILES string of the molecule is Nc1ccc(=O)n(Cc2ccc(Br)cn2)c1. The smallest absolute Gasteiger partial charge is 0.251 e. The van der Waals surface area contributed by atoms with E-state index in [0.717, 1.165) is 10.2 Å². The topological polar surface area (TPSA) is 60.9 Å². The minimum absolute atomic E-state index is 0.0843. The molecule has 0 saturated carbocycles. The largest absolute Gasteiger partial charge is 0.398 e. The number of aromatic nitrogens is 2. The Labute approximate surface area is 101 Å². The molecule has 2 heterocycles. The van der Waals surface area contributed by atoms with E-state index in [4.69, 9.17) is 5.73 Å². The van der Waals surface area contributed by atoms with E-state index in [-0.39, 0.29) is 5.56 Å². The lowest BCUT2D eigenvalue weighted by Crippen LogP contribution is -2.19. The van der Waals surface area contributed by atoms with E-state index in [9.17, 15) is 4.79 Å². The molecule has 0 fully saturated rings. The molecule has 82 valence electrons. The first-order chi connectivity index (χ1) is 7.65. The van der Waals surface area contributed by atoms with Crippen molar-refractivity contribution in [1.29, 1.82) is 0 Å². The summed E-state index contributed by atoms with van der Waals surface area (Å²) < 4.78 is 2.45. The van der Waals surface area contributed by atoms with Crippen LogP contribution in [0.3, 0.4) is 0 Å². The van der Waals surface area contributed by atoms with Gasteiger partial charge in [0.2, 0.25) is 0 Å². The summed E-state index contributed by atoms with van der Waals surface area (Å²) in [4.78, 5) is 15.7. The van der Waals surface area contributed by atoms with Crippen LogP contribution in [0.25, 0.3) is 0 Å². The van der Waals surface area contributed by atoms with Crippen LogP contribution in [0.5, 0.6) is 0 Å². The van der Waals surface area contributed by atoms with Crippen LogP contribution >= 0.6 is 15.9 Å². The van der Waals surface area contributed by atoms with Crippen molar-refractivity contribution >= 4 is 21.6 Å². The fraction of sp³-hybridized carbons (Fsp3) is 0.0909. The summed E-state index contributed by atoms with van der Waals surface area (Å²) in [6.45, 7) is 0.428. The normalized spacial score (nSPS) is 10.3. The third-order valence-corrected chi connectivity index (χ3v) is 2.60. The molecule has 0 saturated heterocycles. The quantitative estimate of drug-likeness (QED) is 0.909. The van der Waals surface area contributed by atoms with Crippen molar-refractivity contribution in [1.82, 2.24) is 9.55 Å². The number of rotatable bonds is 2. The van der Waals surface area contributed by atoms with Crippen molar-refractivity contribution in [3.8, 4) is 0 Å². The molecule has 4 nitrogen and oxygen atoms in total. The highest BCUT2D eigenvalue weighted by Crippen LogP contribution is 2.08. The summed E-state index contributed by atoms with van der Waals surface area (Å²) in [5.74, 6) is 0. The predicted octanol–water partition coefficient (Wildman–Crippen LogP) is 1.64. The molecule has 0 amide bonds. The van der Waals surface area contributed by atoms with Crippen LogP contribution < -0.4 is 11.3 Å². The van der Waals surface area contributed by atoms with Gasteiger partial charge in [-0.15, -0.1) is 0 Å². The van der Waals surface area contributed by atoms with Gasteiger partial charge in [0.15, 0.2) is 0 Å². The van der Waals surface area contributed by atoms with Gasteiger partial charge in [-0.25, -0.2) is 0 Å². The van der Waals surface area contributed by atoms with Gasteiger partial charge < -0.3 is 10.3 Å². The number of nitrogens with two attached hydrogens (primary N) is 1. The maximum absolute atomic E-state index is 11.5. The second-order valence-electron chi connectivity index (χ2n) is 3.40. The van der Waals surface area contributed by atoms with Crippen molar-refractivity contribution in [2.75, 3.05) is 5.73 Å². The lowest BCUT2D eigenvalue weighted by atomic mass is 10.3. The Hall–Kier alpha value is -1.62. The second kappa shape index (κ2) is 4.49. The summed E-state index contributed by atoms with van der Waals surface area (Å²) >= 11 is 3.31. The third-order valence-electron chi connectivity index (χ3n) is 2.13. The van der Waals surface area contributed by atoms with Gasteiger partial charge in [-0.05, 0) is 34.1 Å². The molecule has 0 aliphatic carbocycles. The molecule has 0 aliphatic rings. The van der Waals surface area contributed by atoms with Gasteiger partial charge in [-0.1, -0.05) is 0 Å². The van der Waals surface area contributed by atoms with Gasteiger partial charge in [0.25, 0.3) is 5.56 Å². The second-order valence-corrected chi connectivity index (χ2v) is 4.31. The Balaban J connectivity index is 2.30. The standard InChI is InChI=1S/C11H10BrN3O/c12-8-1-3-10(14-5-8)7-15-6-9(13)2-4-11(15)16/h1-6H,7,13H2. The van der Waals surface area contributed by atoms with Crippen molar-refractivity contribution in [3.05, 3.63) is 57.2 Å². The van der Waals surface area contributed by atoms with Crippen molar-refractivity contribution in [3.63, 3.8) is 0 Å². The molecule has 0 aliphatic heterocycles. The maximum atomic E-state index is 11.5. The Morgan fingerprint density at radius 1 is 1.31 bits per heavy atom. The maximum Gasteiger partial charge on any atom is 0.251 e. The van der Waals surface area contributed by atoms with Gasteiger partial charge in [0, 0.05) is 28.6 Å². The van der Waals surface area contributed by atoms with Crippen LogP contribution in [-0.4, -0.2) is 9.55 Å². The molecule has 0 spiro atoms. The van der Waals surface area contributed by atoms with Gasteiger partial charge >= 0.3 is 0 Å². The van der Waals surface area contributed by atoms with Crippen molar-refractivity contribution in [2.24, 2.45) is 0 Å². The highest BCUT2D eigenvalue weighted by atomic mass is 79.9. The summed E-state index contributed by atoms with van der Waals surface area (Å²) in [6.07, 6.45) is 3.32. The summed E-state index contributed by atoms with van der Waals surface area (Å²) in [7, 11) is 0. The summed E-state index contributed by atoms with van der Waals surface area (Å²) in [5.41, 5.74) is 6.92. The molecule has 2 rings (SSSR count). The number of hydrogen-bond acceptors (Lipinski definition) is 3. The Bertz CT molecular complexity index is 548. The van der Waals surface area contributed by atoms with Crippen LogP contribution in [0.2, 0.25) is 0 Å². The fourth-order valence-electron chi connectivity index (χ4n) is 1.35. The molecule has 2 aromatic heterocycles. The first kappa shape index (κ1) is 10.9. The molecule has 0 radical (unpaired) electrons. The predicted molar refractivity (Wildman–Crippen MR) is 66.2 cm³/mol. The van der Waals surface area contributed by atoms with E-state index in [1.165, 1.54) is 10.6 Å². The monoisotopic (exact) mass is 279 g/mol. The van der Waals surface area contributed by atoms with Crippen LogP contribution in [0.1, 0.15) is 5.69 Å². The molecule has 2 aromatic rings. The van der Waals surface area contributed by atoms with Crippen molar-refractivity contribution in [2.45, 2.75) is 6.54 Å². The van der Waals surface area contributed by atoms with E-state index < -0.39 is 0 Å². The summed E-state index contributed by atoms with van der Waals surface area (Å²) in [6, 6.07) is 6.79. The molecule has 0 unspecified atom stereocenters. The van der Waals surface area contributed by atoms with E-state index in [2.05, 4.69) is 20.9 Å². The fourth-order valence-corrected chi connectivity index (χ4v) is 1.58. The molecule has 2 N–H and O–H groups in total. The lowest BCUT2D eigenvalue weighted by Gasteiger charge is -2.05. The van der Waals surface area contributed by atoms with Gasteiger partial charge in [0.1, 0.15) is 0 Å². The highest BCUT2D eigenvalue weighted by Gasteiger charge is 1.99. The average molecular weight is 280 g/mol. The number of pyridine rings is 2. The Morgan fingerprint density at radius 3 is 2.81 bits per heavy atom.